The van der Waals surface area contributed by atoms with Crippen molar-refractivity contribution >= 4 is 50.2 Å². The smallest absolute Gasteiger partial charge is 0.207 e. The number of hydrogen-bond donors (Lipinski definition) is 0. The Morgan fingerprint density at radius 2 is 1.39 bits per heavy atom. The van der Waals surface area contributed by atoms with Crippen LogP contribution >= 0.6 is 21.4 Å². The topological polar surface area (TPSA) is 68.3 Å². The van der Waals surface area contributed by atoms with E-state index in [1.165, 1.54) is 12.1 Å². The lowest BCUT2D eigenvalue weighted by Crippen LogP contribution is -2.02. The van der Waals surface area contributed by atoms with Crippen molar-refractivity contribution < 1.29 is 16.8 Å². The average Bonchev–Trinajstić information content (AvgIpc) is 2.24. The van der Waals surface area contributed by atoms with E-state index in [1.807, 2.05) is 0 Å². The molecule has 0 aliphatic rings. The standard InChI is InChI=1S/C10H6Cl2O4S2/c11-17(13,14)9-6-5-7-3-1-2-4-8(7)10(9)18(12,15)16/h1-6H. The van der Waals surface area contributed by atoms with Gasteiger partial charge in [0.25, 0.3) is 18.1 Å². The van der Waals surface area contributed by atoms with E-state index in [4.69, 9.17) is 21.4 Å². The maximum Gasteiger partial charge on any atom is 0.263 e. The highest BCUT2D eigenvalue weighted by molar-refractivity contribution is 8.16. The molecule has 0 radical (unpaired) electrons. The van der Waals surface area contributed by atoms with Gasteiger partial charge >= 0.3 is 0 Å². The van der Waals surface area contributed by atoms with Crippen LogP contribution in [-0.4, -0.2) is 16.8 Å². The number of benzene rings is 2. The van der Waals surface area contributed by atoms with E-state index in [1.54, 1.807) is 18.2 Å². The molecular formula is C10H6Cl2O4S2. The van der Waals surface area contributed by atoms with E-state index < -0.39 is 27.9 Å². The highest BCUT2D eigenvalue weighted by atomic mass is 35.7. The lowest BCUT2D eigenvalue weighted by molar-refractivity contribution is 0.598. The zero-order valence-corrected chi connectivity index (χ0v) is 11.8. The van der Waals surface area contributed by atoms with E-state index in [-0.39, 0.29) is 5.39 Å². The summed E-state index contributed by atoms with van der Waals surface area (Å²) >= 11 is 0. The normalized spacial score (nSPS) is 12.8. The Kier molecular flexibility index (Phi) is 3.31. The average molecular weight is 325 g/mol. The van der Waals surface area contributed by atoms with Crippen molar-refractivity contribution in [1.82, 2.24) is 0 Å². The van der Waals surface area contributed by atoms with Crippen LogP contribution in [0.5, 0.6) is 0 Å². The molecule has 0 aliphatic carbocycles. The van der Waals surface area contributed by atoms with Gasteiger partial charge in [-0.25, -0.2) is 16.8 Å². The van der Waals surface area contributed by atoms with E-state index >= 15 is 0 Å². The second-order valence-corrected chi connectivity index (χ2v) is 8.53. The van der Waals surface area contributed by atoms with Crippen LogP contribution in [0.15, 0.2) is 46.2 Å². The molecular weight excluding hydrogens is 319 g/mol. The molecule has 2 aromatic carbocycles. The molecule has 0 saturated heterocycles. The van der Waals surface area contributed by atoms with Gasteiger partial charge in [0.2, 0.25) is 0 Å². The van der Waals surface area contributed by atoms with Gasteiger partial charge in [-0.1, -0.05) is 30.3 Å². The van der Waals surface area contributed by atoms with E-state index in [2.05, 4.69) is 0 Å². The zero-order valence-electron chi connectivity index (χ0n) is 8.67. The molecule has 0 unspecified atom stereocenters. The van der Waals surface area contributed by atoms with Crippen LogP contribution in [-0.2, 0) is 18.1 Å². The summed E-state index contributed by atoms with van der Waals surface area (Å²) < 4.78 is 45.9. The quantitative estimate of drug-likeness (QED) is 0.796. The monoisotopic (exact) mass is 324 g/mol. The summed E-state index contributed by atoms with van der Waals surface area (Å²) in [7, 11) is 2.08. The van der Waals surface area contributed by atoms with Crippen molar-refractivity contribution in [3.8, 4) is 0 Å². The van der Waals surface area contributed by atoms with Crippen LogP contribution < -0.4 is 0 Å². The molecule has 0 aromatic heterocycles. The third-order valence-corrected chi connectivity index (χ3v) is 5.23. The highest BCUT2D eigenvalue weighted by Gasteiger charge is 2.26. The first-order chi connectivity index (χ1) is 8.21. The van der Waals surface area contributed by atoms with Crippen molar-refractivity contribution in [3.63, 3.8) is 0 Å². The fourth-order valence-corrected chi connectivity index (χ4v) is 4.80. The van der Waals surface area contributed by atoms with E-state index in [0.29, 0.717) is 5.39 Å². The second-order valence-electron chi connectivity index (χ2n) is 3.49. The van der Waals surface area contributed by atoms with Crippen molar-refractivity contribution in [2.75, 3.05) is 0 Å². The van der Waals surface area contributed by atoms with E-state index in [0.717, 1.165) is 6.07 Å². The van der Waals surface area contributed by atoms with Gasteiger partial charge in [-0.3, -0.25) is 0 Å². The fraction of sp³-hybridized carbons (Fsp3) is 0. The molecule has 0 spiro atoms. The van der Waals surface area contributed by atoms with Crippen LogP contribution in [0.25, 0.3) is 10.8 Å². The maximum atomic E-state index is 11.6. The van der Waals surface area contributed by atoms with Crippen LogP contribution in [0.1, 0.15) is 0 Å². The third kappa shape index (κ3) is 2.47. The summed E-state index contributed by atoms with van der Waals surface area (Å²) in [5.74, 6) is 0. The number of fused-ring (bicyclic) bond motifs is 1. The molecule has 0 N–H and O–H groups in total. The Balaban J connectivity index is 3.08. The molecule has 2 aromatic rings. The summed E-state index contributed by atoms with van der Waals surface area (Å²) in [6.07, 6.45) is 0. The number of halogens is 2. The van der Waals surface area contributed by atoms with Crippen molar-refractivity contribution in [1.29, 1.82) is 0 Å². The molecule has 0 heterocycles. The molecule has 0 bridgehead atoms. The summed E-state index contributed by atoms with van der Waals surface area (Å²) in [5.41, 5.74) is 0. The second kappa shape index (κ2) is 4.38. The minimum atomic E-state index is -4.23. The van der Waals surface area contributed by atoms with Crippen LogP contribution in [0.4, 0.5) is 0 Å². The predicted octanol–water partition coefficient (Wildman–Crippen LogP) is 2.69. The molecule has 0 atom stereocenters. The minimum absolute atomic E-state index is 0.217. The summed E-state index contributed by atoms with van der Waals surface area (Å²) in [6.45, 7) is 0. The Bertz CT molecular complexity index is 826. The van der Waals surface area contributed by atoms with Gasteiger partial charge in [0.15, 0.2) is 0 Å². The van der Waals surface area contributed by atoms with Gasteiger partial charge in [-0.05, 0) is 11.5 Å². The van der Waals surface area contributed by atoms with Gasteiger partial charge in [-0.2, -0.15) is 0 Å². The van der Waals surface area contributed by atoms with Crippen LogP contribution in [0.3, 0.4) is 0 Å². The van der Waals surface area contributed by atoms with Crippen molar-refractivity contribution in [2.24, 2.45) is 0 Å². The minimum Gasteiger partial charge on any atom is -0.207 e. The molecule has 96 valence electrons. The lowest BCUT2D eigenvalue weighted by atomic mass is 10.1. The predicted molar refractivity (Wildman–Crippen MR) is 70.0 cm³/mol. The van der Waals surface area contributed by atoms with Gasteiger partial charge in [0.1, 0.15) is 9.79 Å². The summed E-state index contributed by atoms with van der Waals surface area (Å²) in [4.78, 5) is -1.00. The summed E-state index contributed by atoms with van der Waals surface area (Å²) in [5, 5.41) is 0.773. The molecule has 4 nitrogen and oxygen atoms in total. The molecule has 2 rings (SSSR count). The van der Waals surface area contributed by atoms with Gasteiger partial charge < -0.3 is 0 Å². The number of rotatable bonds is 2. The van der Waals surface area contributed by atoms with Crippen LogP contribution in [0, 0.1) is 0 Å². The molecule has 0 amide bonds. The van der Waals surface area contributed by atoms with Crippen molar-refractivity contribution in [3.05, 3.63) is 36.4 Å². The Morgan fingerprint density at radius 1 is 0.778 bits per heavy atom. The first-order valence-electron chi connectivity index (χ1n) is 4.62. The van der Waals surface area contributed by atoms with Gasteiger partial charge in [0, 0.05) is 26.8 Å². The maximum absolute atomic E-state index is 11.6. The Labute approximate surface area is 113 Å². The summed E-state index contributed by atoms with van der Waals surface area (Å²) in [6, 6.07) is 8.98. The molecule has 18 heavy (non-hydrogen) atoms. The SMILES string of the molecule is O=S(=O)(Cl)c1ccc2ccccc2c1S(=O)(=O)Cl. The Hall–Kier alpha value is -0.820. The van der Waals surface area contributed by atoms with Gasteiger partial charge in [-0.15, -0.1) is 0 Å². The Morgan fingerprint density at radius 3 is 1.94 bits per heavy atom. The first-order valence-corrected chi connectivity index (χ1v) is 9.24. The molecule has 0 saturated carbocycles. The van der Waals surface area contributed by atoms with Gasteiger partial charge in [0.05, 0.1) is 0 Å². The third-order valence-electron chi connectivity index (χ3n) is 2.35. The lowest BCUT2D eigenvalue weighted by Gasteiger charge is -2.07. The fourth-order valence-electron chi connectivity index (χ4n) is 1.67. The van der Waals surface area contributed by atoms with Crippen LogP contribution in [0.2, 0.25) is 0 Å². The highest BCUT2D eigenvalue weighted by Crippen LogP contribution is 2.33. The molecule has 0 fully saturated rings. The zero-order chi connectivity index (χ0) is 13.6. The molecule has 8 heteroatoms. The number of hydrogen-bond acceptors (Lipinski definition) is 4. The molecule has 0 aliphatic heterocycles. The van der Waals surface area contributed by atoms with E-state index in [9.17, 15) is 16.8 Å². The first kappa shape index (κ1) is 13.6. The largest absolute Gasteiger partial charge is 0.263 e. The van der Waals surface area contributed by atoms with Crippen molar-refractivity contribution in [2.45, 2.75) is 9.79 Å².